The van der Waals surface area contributed by atoms with Gasteiger partial charge < -0.3 is 15.2 Å². The molecule has 4 rings (SSSR count). The molecular formula is C22H22Cl2FN3O4. The van der Waals surface area contributed by atoms with Crippen molar-refractivity contribution in [3.63, 3.8) is 0 Å². The number of nitrogens with two attached hydrogens (primary N) is 1. The summed E-state index contributed by atoms with van der Waals surface area (Å²) < 4.78 is 25.1. The summed E-state index contributed by atoms with van der Waals surface area (Å²) in [6, 6.07) is 9.25. The van der Waals surface area contributed by atoms with Gasteiger partial charge in [0.15, 0.2) is 12.2 Å². The van der Waals surface area contributed by atoms with E-state index in [-0.39, 0.29) is 22.6 Å². The fraction of sp³-hybridized carbons (Fsp3) is 0.364. The fourth-order valence-corrected chi connectivity index (χ4v) is 4.30. The summed E-state index contributed by atoms with van der Waals surface area (Å²) in [5.41, 5.74) is 9.32. The van der Waals surface area contributed by atoms with Crippen molar-refractivity contribution in [3.05, 3.63) is 57.8 Å². The number of carbonyl (C=O) groups is 2. The van der Waals surface area contributed by atoms with E-state index in [1.54, 1.807) is 23.2 Å². The van der Waals surface area contributed by atoms with Crippen LogP contribution in [-0.4, -0.2) is 42.1 Å². The predicted octanol–water partition coefficient (Wildman–Crippen LogP) is 3.11. The molecule has 0 bridgehead atoms. The van der Waals surface area contributed by atoms with Crippen LogP contribution in [0, 0.1) is 11.7 Å². The van der Waals surface area contributed by atoms with Crippen LogP contribution in [0.25, 0.3) is 0 Å². The maximum Gasteiger partial charge on any atom is 0.275 e. The molecule has 170 valence electrons. The maximum atomic E-state index is 13.7. The SMILES string of the molecule is NC(=O)[C@@H](Oc1ccc(Cl)c(F)c1)C1CCN(NC(=O)C2Cc3cc(Cl)ccc3O2)CC1. The highest BCUT2D eigenvalue weighted by molar-refractivity contribution is 6.31. The number of nitrogens with one attached hydrogen (secondary N) is 1. The Balaban J connectivity index is 1.30. The first-order valence-electron chi connectivity index (χ1n) is 10.2. The third-order valence-electron chi connectivity index (χ3n) is 5.66. The van der Waals surface area contributed by atoms with Crippen molar-refractivity contribution >= 4 is 35.0 Å². The van der Waals surface area contributed by atoms with Crippen molar-refractivity contribution in [2.75, 3.05) is 13.1 Å². The summed E-state index contributed by atoms with van der Waals surface area (Å²) in [6.45, 7) is 1.01. The van der Waals surface area contributed by atoms with E-state index >= 15 is 0 Å². The second kappa shape index (κ2) is 9.52. The molecule has 2 aromatic carbocycles. The molecule has 2 heterocycles. The molecule has 7 nitrogen and oxygen atoms in total. The molecule has 32 heavy (non-hydrogen) atoms. The molecular weight excluding hydrogens is 460 g/mol. The van der Waals surface area contributed by atoms with Gasteiger partial charge in [-0.25, -0.2) is 9.40 Å². The highest BCUT2D eigenvalue weighted by Crippen LogP contribution is 2.31. The number of hydrazine groups is 1. The van der Waals surface area contributed by atoms with Gasteiger partial charge in [-0.3, -0.25) is 15.0 Å². The average molecular weight is 482 g/mol. The van der Waals surface area contributed by atoms with Crippen molar-refractivity contribution in [1.29, 1.82) is 0 Å². The number of rotatable bonds is 6. The van der Waals surface area contributed by atoms with Crippen LogP contribution in [0.5, 0.6) is 11.5 Å². The minimum absolute atomic E-state index is 0.0329. The molecule has 0 aliphatic carbocycles. The van der Waals surface area contributed by atoms with Gasteiger partial charge in [0.25, 0.3) is 11.8 Å². The predicted molar refractivity (Wildman–Crippen MR) is 117 cm³/mol. The van der Waals surface area contributed by atoms with E-state index in [1.165, 1.54) is 12.1 Å². The number of primary amides is 1. The number of hydrogen-bond donors (Lipinski definition) is 2. The number of fused-ring (bicyclic) bond motifs is 1. The van der Waals surface area contributed by atoms with Crippen LogP contribution in [0.15, 0.2) is 36.4 Å². The van der Waals surface area contributed by atoms with Gasteiger partial charge in [0, 0.05) is 36.5 Å². The molecule has 2 aromatic rings. The summed E-state index contributed by atoms with van der Waals surface area (Å²) in [5, 5.41) is 2.36. The number of amides is 2. The summed E-state index contributed by atoms with van der Waals surface area (Å²) in [6.07, 6.45) is 0.0397. The number of ether oxygens (including phenoxy) is 2. The Labute approximate surface area is 194 Å². The smallest absolute Gasteiger partial charge is 0.275 e. The van der Waals surface area contributed by atoms with E-state index in [2.05, 4.69) is 5.43 Å². The van der Waals surface area contributed by atoms with Gasteiger partial charge >= 0.3 is 0 Å². The Morgan fingerprint density at radius 1 is 1.19 bits per heavy atom. The highest BCUT2D eigenvalue weighted by Gasteiger charge is 2.34. The van der Waals surface area contributed by atoms with Crippen molar-refractivity contribution in [2.24, 2.45) is 11.7 Å². The monoisotopic (exact) mass is 481 g/mol. The van der Waals surface area contributed by atoms with Gasteiger partial charge in [-0.15, -0.1) is 0 Å². The van der Waals surface area contributed by atoms with Gasteiger partial charge in [0.1, 0.15) is 17.3 Å². The molecule has 0 radical (unpaired) electrons. The van der Waals surface area contributed by atoms with E-state index in [9.17, 15) is 14.0 Å². The van der Waals surface area contributed by atoms with Gasteiger partial charge in [-0.2, -0.15) is 0 Å². The lowest BCUT2D eigenvalue weighted by Gasteiger charge is -2.35. The van der Waals surface area contributed by atoms with Gasteiger partial charge in [-0.1, -0.05) is 23.2 Å². The summed E-state index contributed by atoms with van der Waals surface area (Å²) in [5.74, 6) is -0.830. The molecule has 1 unspecified atom stereocenters. The Morgan fingerprint density at radius 3 is 2.62 bits per heavy atom. The normalized spacial score (nSPS) is 19.7. The zero-order chi connectivity index (χ0) is 22.8. The first kappa shape index (κ1) is 22.6. The highest BCUT2D eigenvalue weighted by atomic mass is 35.5. The molecule has 0 saturated carbocycles. The molecule has 10 heteroatoms. The van der Waals surface area contributed by atoms with Gasteiger partial charge in [0.2, 0.25) is 0 Å². The van der Waals surface area contributed by atoms with Crippen molar-refractivity contribution in [3.8, 4) is 11.5 Å². The van der Waals surface area contributed by atoms with Gasteiger partial charge in [-0.05, 0) is 48.7 Å². The Morgan fingerprint density at radius 2 is 1.94 bits per heavy atom. The van der Waals surface area contributed by atoms with Crippen molar-refractivity contribution in [1.82, 2.24) is 10.4 Å². The first-order chi connectivity index (χ1) is 15.3. The Hall–Kier alpha value is -2.55. The topological polar surface area (TPSA) is 93.9 Å². The lowest BCUT2D eigenvalue weighted by atomic mass is 9.91. The number of piperidine rings is 1. The zero-order valence-corrected chi connectivity index (χ0v) is 18.5. The van der Waals surface area contributed by atoms with Crippen LogP contribution in [-0.2, 0) is 16.0 Å². The lowest BCUT2D eigenvalue weighted by molar-refractivity contribution is -0.134. The first-order valence-corrected chi connectivity index (χ1v) is 11.0. The van der Waals surface area contributed by atoms with Crippen LogP contribution < -0.4 is 20.6 Å². The molecule has 3 N–H and O–H groups in total. The molecule has 2 amide bonds. The zero-order valence-electron chi connectivity index (χ0n) is 17.0. The quantitative estimate of drug-likeness (QED) is 0.660. The van der Waals surface area contributed by atoms with E-state index in [4.69, 9.17) is 38.4 Å². The Kier molecular flexibility index (Phi) is 6.74. The van der Waals surface area contributed by atoms with E-state index in [0.29, 0.717) is 43.1 Å². The van der Waals surface area contributed by atoms with Crippen molar-refractivity contribution in [2.45, 2.75) is 31.5 Å². The molecule has 0 spiro atoms. The third kappa shape index (κ3) is 5.09. The number of hydrogen-bond acceptors (Lipinski definition) is 5. The number of nitrogens with zero attached hydrogens (tertiary/aromatic N) is 1. The van der Waals surface area contributed by atoms with E-state index in [0.717, 1.165) is 11.6 Å². The van der Waals surface area contributed by atoms with Crippen molar-refractivity contribution < 1.29 is 23.5 Å². The number of carbonyl (C=O) groups excluding carboxylic acids is 2. The minimum Gasteiger partial charge on any atom is -0.480 e. The molecule has 2 aliphatic heterocycles. The largest absolute Gasteiger partial charge is 0.480 e. The molecule has 0 aromatic heterocycles. The maximum absolute atomic E-state index is 13.7. The molecule has 1 saturated heterocycles. The average Bonchev–Trinajstić information content (AvgIpc) is 3.18. The van der Waals surface area contributed by atoms with Gasteiger partial charge in [0.05, 0.1) is 5.02 Å². The van der Waals surface area contributed by atoms with Crippen LogP contribution >= 0.6 is 23.2 Å². The number of halogens is 3. The standard InChI is InChI=1S/C22H22Cl2FN3O4/c23-14-1-4-18-13(9-14)10-19(32-18)22(30)27-28-7-5-12(6-8-28)20(21(26)29)31-15-2-3-16(24)17(25)11-15/h1-4,9,11-12,19-20H,5-8,10H2,(H2,26,29)(H,27,30)/t19?,20-/m0/s1. The Bertz CT molecular complexity index is 1030. The molecule has 2 aliphatic rings. The summed E-state index contributed by atoms with van der Waals surface area (Å²) in [7, 11) is 0. The third-order valence-corrected chi connectivity index (χ3v) is 6.20. The second-order valence-electron chi connectivity index (χ2n) is 7.88. The van der Waals surface area contributed by atoms with Crippen LogP contribution in [0.4, 0.5) is 4.39 Å². The summed E-state index contributed by atoms with van der Waals surface area (Å²) >= 11 is 11.7. The van der Waals surface area contributed by atoms with E-state index < -0.39 is 23.9 Å². The van der Waals surface area contributed by atoms with Crippen LogP contribution in [0.3, 0.4) is 0 Å². The van der Waals surface area contributed by atoms with Crippen LogP contribution in [0.2, 0.25) is 10.0 Å². The molecule has 1 fully saturated rings. The van der Waals surface area contributed by atoms with Crippen LogP contribution in [0.1, 0.15) is 18.4 Å². The second-order valence-corrected chi connectivity index (χ2v) is 8.72. The van der Waals surface area contributed by atoms with E-state index in [1.807, 2.05) is 0 Å². The molecule has 2 atom stereocenters. The lowest BCUT2D eigenvalue weighted by Crippen LogP contribution is -2.53. The minimum atomic E-state index is -0.911. The number of benzene rings is 2. The summed E-state index contributed by atoms with van der Waals surface area (Å²) in [4.78, 5) is 24.6. The fourth-order valence-electron chi connectivity index (χ4n) is 3.99.